The van der Waals surface area contributed by atoms with E-state index in [0.717, 1.165) is 19.6 Å². The second-order valence-corrected chi connectivity index (χ2v) is 4.00. The van der Waals surface area contributed by atoms with Crippen LogP contribution in [-0.2, 0) is 0 Å². The number of hydrogen-bond donors (Lipinski definition) is 2. The van der Waals surface area contributed by atoms with Crippen LogP contribution >= 0.6 is 12.4 Å². The Morgan fingerprint density at radius 2 is 2.00 bits per heavy atom. The first-order valence-corrected chi connectivity index (χ1v) is 5.29. The van der Waals surface area contributed by atoms with Gasteiger partial charge >= 0.3 is 0 Å². The second kappa shape index (κ2) is 5.50. The van der Waals surface area contributed by atoms with E-state index in [-0.39, 0.29) is 12.4 Å². The fourth-order valence-corrected chi connectivity index (χ4v) is 2.02. The minimum absolute atomic E-state index is 0. The lowest BCUT2D eigenvalue weighted by atomic mass is 9.96. The van der Waals surface area contributed by atoms with Crippen molar-refractivity contribution in [2.45, 2.75) is 19.9 Å². The highest BCUT2D eigenvalue weighted by Crippen LogP contribution is 2.20. The van der Waals surface area contributed by atoms with Crippen molar-refractivity contribution in [1.29, 1.82) is 0 Å². The quantitative estimate of drug-likeness (QED) is 0.765. The number of halogens is 1. The summed E-state index contributed by atoms with van der Waals surface area (Å²) in [5, 5.41) is 6.96. The lowest BCUT2D eigenvalue weighted by Gasteiger charge is -2.26. The average molecular weight is 227 g/mol. The number of piperazine rings is 1. The molecule has 1 heterocycles. The zero-order valence-electron chi connectivity index (χ0n) is 9.34. The molecular formula is C12H19ClN2. The first-order valence-electron chi connectivity index (χ1n) is 5.29. The normalized spacial score (nSPS) is 20.8. The summed E-state index contributed by atoms with van der Waals surface area (Å²) in [5.41, 5.74) is 4.25. The van der Waals surface area contributed by atoms with Gasteiger partial charge in [-0.05, 0) is 30.5 Å². The third-order valence-electron chi connectivity index (χ3n) is 3.06. The molecular weight excluding hydrogens is 208 g/mol. The van der Waals surface area contributed by atoms with Gasteiger partial charge in [0.15, 0.2) is 0 Å². The molecule has 1 aliphatic rings. The molecule has 0 spiro atoms. The Labute approximate surface area is 97.9 Å². The maximum absolute atomic E-state index is 3.54. The molecule has 1 aromatic carbocycles. The molecule has 1 aliphatic heterocycles. The lowest BCUT2D eigenvalue weighted by molar-refractivity contribution is 0.429. The van der Waals surface area contributed by atoms with Gasteiger partial charge in [0.2, 0.25) is 0 Å². The van der Waals surface area contributed by atoms with Gasteiger partial charge in [-0.15, -0.1) is 12.4 Å². The minimum atomic E-state index is 0. The Balaban J connectivity index is 0.00000112. The third-order valence-corrected chi connectivity index (χ3v) is 3.06. The highest BCUT2D eigenvalue weighted by atomic mass is 35.5. The first kappa shape index (κ1) is 12.5. The van der Waals surface area contributed by atoms with Crippen molar-refractivity contribution < 1.29 is 0 Å². The maximum atomic E-state index is 3.54. The zero-order chi connectivity index (χ0) is 9.97. The second-order valence-electron chi connectivity index (χ2n) is 4.00. The van der Waals surface area contributed by atoms with E-state index in [4.69, 9.17) is 0 Å². The molecule has 0 aliphatic carbocycles. The summed E-state index contributed by atoms with van der Waals surface area (Å²) in [5.74, 6) is 0. The fraction of sp³-hybridized carbons (Fsp3) is 0.500. The van der Waals surface area contributed by atoms with Gasteiger partial charge in [0.05, 0.1) is 0 Å². The molecule has 0 aromatic heterocycles. The molecule has 0 saturated carbocycles. The Hall–Kier alpha value is -0.570. The van der Waals surface area contributed by atoms with Crippen LogP contribution in [0.25, 0.3) is 0 Å². The summed E-state index contributed by atoms with van der Waals surface area (Å²) in [6.07, 6.45) is 0. The summed E-state index contributed by atoms with van der Waals surface area (Å²) in [4.78, 5) is 0. The van der Waals surface area contributed by atoms with Gasteiger partial charge in [-0.25, -0.2) is 0 Å². The highest BCUT2D eigenvalue weighted by molar-refractivity contribution is 5.85. The van der Waals surface area contributed by atoms with Crippen molar-refractivity contribution >= 4 is 12.4 Å². The van der Waals surface area contributed by atoms with E-state index in [1.807, 2.05) is 0 Å². The van der Waals surface area contributed by atoms with Crippen molar-refractivity contribution in [3.8, 4) is 0 Å². The van der Waals surface area contributed by atoms with Crippen LogP contribution in [0.4, 0.5) is 0 Å². The van der Waals surface area contributed by atoms with Gasteiger partial charge in [-0.3, -0.25) is 0 Å². The Bertz CT molecular complexity index is 319. The monoisotopic (exact) mass is 226 g/mol. The molecule has 1 aromatic rings. The molecule has 2 rings (SSSR count). The predicted octanol–water partition coefficient (Wildman–Crippen LogP) is 1.96. The van der Waals surface area contributed by atoms with Gasteiger partial charge in [-0.2, -0.15) is 0 Å². The SMILES string of the molecule is Cc1cccc(C2CNCCN2)c1C.Cl. The molecule has 2 nitrogen and oxygen atoms in total. The van der Waals surface area contributed by atoms with Crippen molar-refractivity contribution in [3.05, 3.63) is 34.9 Å². The number of hydrogen-bond acceptors (Lipinski definition) is 2. The standard InChI is InChI=1S/C12H18N2.ClH/c1-9-4-3-5-11(10(9)2)12-8-13-6-7-14-12;/h3-5,12-14H,6-8H2,1-2H3;1H. The van der Waals surface area contributed by atoms with Crippen LogP contribution in [0.1, 0.15) is 22.7 Å². The zero-order valence-corrected chi connectivity index (χ0v) is 10.2. The Morgan fingerprint density at radius 3 is 2.67 bits per heavy atom. The van der Waals surface area contributed by atoms with E-state index in [0.29, 0.717) is 6.04 Å². The van der Waals surface area contributed by atoms with Gasteiger partial charge < -0.3 is 10.6 Å². The topological polar surface area (TPSA) is 24.1 Å². The van der Waals surface area contributed by atoms with Crippen LogP contribution in [0.5, 0.6) is 0 Å². The van der Waals surface area contributed by atoms with E-state index in [9.17, 15) is 0 Å². The fourth-order valence-electron chi connectivity index (χ4n) is 2.02. The molecule has 1 saturated heterocycles. The van der Waals surface area contributed by atoms with Gasteiger partial charge in [0, 0.05) is 25.7 Å². The van der Waals surface area contributed by atoms with E-state index in [2.05, 4.69) is 42.7 Å². The van der Waals surface area contributed by atoms with Crippen LogP contribution in [0.3, 0.4) is 0 Å². The van der Waals surface area contributed by atoms with Crippen molar-refractivity contribution in [2.75, 3.05) is 19.6 Å². The summed E-state index contributed by atoms with van der Waals surface area (Å²) >= 11 is 0. The molecule has 84 valence electrons. The maximum Gasteiger partial charge on any atom is 0.0449 e. The third kappa shape index (κ3) is 2.71. The van der Waals surface area contributed by atoms with Gasteiger partial charge in [-0.1, -0.05) is 18.2 Å². The molecule has 1 atom stereocenters. The molecule has 2 N–H and O–H groups in total. The lowest BCUT2D eigenvalue weighted by Crippen LogP contribution is -2.42. The van der Waals surface area contributed by atoms with Crippen molar-refractivity contribution in [1.82, 2.24) is 10.6 Å². The van der Waals surface area contributed by atoms with Crippen LogP contribution in [-0.4, -0.2) is 19.6 Å². The summed E-state index contributed by atoms with van der Waals surface area (Å²) in [7, 11) is 0. The van der Waals surface area contributed by atoms with Crippen LogP contribution in [0.2, 0.25) is 0 Å². The summed E-state index contributed by atoms with van der Waals surface area (Å²) in [6, 6.07) is 7.04. The van der Waals surface area contributed by atoms with Crippen LogP contribution < -0.4 is 10.6 Å². The van der Waals surface area contributed by atoms with Gasteiger partial charge in [0.1, 0.15) is 0 Å². The highest BCUT2D eigenvalue weighted by Gasteiger charge is 2.16. The summed E-state index contributed by atoms with van der Waals surface area (Å²) < 4.78 is 0. The Kier molecular flexibility index (Phi) is 4.58. The van der Waals surface area contributed by atoms with Crippen LogP contribution in [0.15, 0.2) is 18.2 Å². The smallest absolute Gasteiger partial charge is 0.0449 e. The van der Waals surface area contributed by atoms with E-state index in [1.165, 1.54) is 16.7 Å². The largest absolute Gasteiger partial charge is 0.314 e. The predicted molar refractivity (Wildman–Crippen MR) is 66.8 cm³/mol. The number of nitrogens with one attached hydrogen (secondary N) is 2. The molecule has 1 unspecified atom stereocenters. The van der Waals surface area contributed by atoms with Crippen LogP contribution in [0, 0.1) is 13.8 Å². The molecule has 3 heteroatoms. The molecule has 0 radical (unpaired) electrons. The summed E-state index contributed by atoms with van der Waals surface area (Å²) in [6.45, 7) is 7.58. The first-order chi connectivity index (χ1) is 6.79. The van der Waals surface area contributed by atoms with E-state index >= 15 is 0 Å². The molecule has 0 amide bonds. The minimum Gasteiger partial charge on any atom is -0.314 e. The number of aryl methyl sites for hydroxylation is 1. The molecule has 0 bridgehead atoms. The van der Waals surface area contributed by atoms with E-state index < -0.39 is 0 Å². The molecule has 1 fully saturated rings. The van der Waals surface area contributed by atoms with E-state index in [1.54, 1.807) is 0 Å². The van der Waals surface area contributed by atoms with Crippen molar-refractivity contribution in [3.63, 3.8) is 0 Å². The number of benzene rings is 1. The average Bonchev–Trinajstić information content (AvgIpc) is 2.23. The Morgan fingerprint density at radius 1 is 1.20 bits per heavy atom. The van der Waals surface area contributed by atoms with Gasteiger partial charge in [0.25, 0.3) is 0 Å². The van der Waals surface area contributed by atoms with Crippen molar-refractivity contribution in [2.24, 2.45) is 0 Å². The molecule has 15 heavy (non-hydrogen) atoms. The number of rotatable bonds is 1.